The number of anilines is 1. The van der Waals surface area contributed by atoms with E-state index in [9.17, 15) is 5.11 Å². The van der Waals surface area contributed by atoms with Gasteiger partial charge in [0.2, 0.25) is 0 Å². The SMILES string of the molecule is Cc1cc(NCc2ccc(Cl)c(Br)c2)ccc1O. The zero-order chi connectivity index (χ0) is 13.1. The van der Waals surface area contributed by atoms with Crippen molar-refractivity contribution in [3.8, 4) is 5.75 Å². The third-order valence-electron chi connectivity index (χ3n) is 2.68. The molecule has 0 bridgehead atoms. The lowest BCUT2D eigenvalue weighted by Crippen LogP contribution is -1.99. The molecule has 0 saturated carbocycles. The average Bonchev–Trinajstić information content (AvgIpc) is 2.35. The third-order valence-corrected chi connectivity index (χ3v) is 3.89. The van der Waals surface area contributed by atoms with Gasteiger partial charge >= 0.3 is 0 Å². The summed E-state index contributed by atoms with van der Waals surface area (Å²) in [6.45, 7) is 2.58. The van der Waals surface area contributed by atoms with E-state index in [0.29, 0.717) is 17.3 Å². The van der Waals surface area contributed by atoms with Crippen molar-refractivity contribution in [2.75, 3.05) is 5.32 Å². The minimum Gasteiger partial charge on any atom is -0.508 e. The number of hydrogen-bond acceptors (Lipinski definition) is 2. The number of rotatable bonds is 3. The fraction of sp³-hybridized carbons (Fsp3) is 0.143. The molecule has 0 aliphatic carbocycles. The van der Waals surface area contributed by atoms with Crippen LogP contribution in [0.25, 0.3) is 0 Å². The lowest BCUT2D eigenvalue weighted by molar-refractivity contribution is 0.471. The van der Waals surface area contributed by atoms with Crippen molar-refractivity contribution < 1.29 is 5.11 Å². The van der Waals surface area contributed by atoms with Crippen LogP contribution in [0.4, 0.5) is 5.69 Å². The van der Waals surface area contributed by atoms with Gasteiger partial charge in [0.15, 0.2) is 0 Å². The Bertz CT molecular complexity index is 520. The van der Waals surface area contributed by atoms with Crippen LogP contribution in [-0.2, 0) is 6.54 Å². The maximum Gasteiger partial charge on any atom is 0.118 e. The van der Waals surface area contributed by atoms with Crippen molar-refractivity contribution in [2.45, 2.75) is 13.5 Å². The predicted octanol–water partition coefficient (Wildman–Crippen LogP) is 4.73. The minimum absolute atomic E-state index is 0.315. The van der Waals surface area contributed by atoms with E-state index in [1.54, 1.807) is 6.07 Å². The van der Waals surface area contributed by atoms with E-state index in [4.69, 9.17) is 11.6 Å². The van der Waals surface area contributed by atoms with Crippen LogP contribution in [0.15, 0.2) is 40.9 Å². The number of phenols is 1. The molecule has 0 radical (unpaired) electrons. The van der Waals surface area contributed by atoms with Crippen LogP contribution in [-0.4, -0.2) is 5.11 Å². The Balaban J connectivity index is 2.06. The van der Waals surface area contributed by atoms with Gasteiger partial charge in [-0.2, -0.15) is 0 Å². The van der Waals surface area contributed by atoms with Gasteiger partial charge in [0, 0.05) is 16.7 Å². The summed E-state index contributed by atoms with van der Waals surface area (Å²) < 4.78 is 0.894. The maximum absolute atomic E-state index is 9.45. The van der Waals surface area contributed by atoms with E-state index < -0.39 is 0 Å². The van der Waals surface area contributed by atoms with Gasteiger partial charge in [-0.1, -0.05) is 17.7 Å². The second kappa shape index (κ2) is 5.63. The number of halogens is 2. The van der Waals surface area contributed by atoms with Crippen molar-refractivity contribution >= 4 is 33.2 Å². The molecule has 0 aliphatic rings. The molecule has 0 aliphatic heterocycles. The summed E-state index contributed by atoms with van der Waals surface area (Å²) >= 11 is 9.34. The van der Waals surface area contributed by atoms with Gasteiger partial charge in [-0.3, -0.25) is 0 Å². The van der Waals surface area contributed by atoms with E-state index in [1.165, 1.54) is 0 Å². The van der Waals surface area contributed by atoms with Crippen molar-refractivity contribution in [3.63, 3.8) is 0 Å². The topological polar surface area (TPSA) is 32.3 Å². The lowest BCUT2D eigenvalue weighted by Gasteiger charge is -2.09. The highest BCUT2D eigenvalue weighted by Gasteiger charge is 2.01. The standard InChI is InChI=1S/C14H13BrClNO/c1-9-6-11(3-5-14(9)18)17-8-10-2-4-13(16)12(15)7-10/h2-7,17-18H,8H2,1H3. The largest absolute Gasteiger partial charge is 0.508 e. The van der Waals surface area contributed by atoms with Crippen molar-refractivity contribution in [1.29, 1.82) is 0 Å². The molecule has 4 heteroatoms. The first kappa shape index (κ1) is 13.2. The molecule has 0 fully saturated rings. The summed E-state index contributed by atoms with van der Waals surface area (Å²) in [4.78, 5) is 0. The molecule has 0 unspecified atom stereocenters. The highest BCUT2D eigenvalue weighted by atomic mass is 79.9. The number of benzene rings is 2. The molecule has 0 heterocycles. The summed E-state index contributed by atoms with van der Waals surface area (Å²) in [5.74, 6) is 0.315. The van der Waals surface area contributed by atoms with Crippen molar-refractivity contribution in [3.05, 3.63) is 57.0 Å². The predicted molar refractivity (Wildman–Crippen MR) is 79.3 cm³/mol. The first-order valence-electron chi connectivity index (χ1n) is 5.53. The molecular weight excluding hydrogens is 314 g/mol. The minimum atomic E-state index is 0.315. The van der Waals surface area contributed by atoms with Gasteiger partial charge < -0.3 is 10.4 Å². The second-order valence-corrected chi connectivity index (χ2v) is 5.36. The monoisotopic (exact) mass is 325 g/mol. The Morgan fingerprint density at radius 1 is 1.22 bits per heavy atom. The van der Waals surface area contributed by atoms with Crippen LogP contribution in [0, 0.1) is 6.92 Å². The van der Waals surface area contributed by atoms with Crippen molar-refractivity contribution in [2.24, 2.45) is 0 Å². The fourth-order valence-corrected chi connectivity index (χ4v) is 2.16. The van der Waals surface area contributed by atoms with E-state index in [-0.39, 0.29) is 0 Å². The summed E-state index contributed by atoms with van der Waals surface area (Å²) in [6, 6.07) is 11.3. The van der Waals surface area contributed by atoms with Gasteiger partial charge in [-0.05, 0) is 64.3 Å². The number of aryl methyl sites for hydroxylation is 1. The molecule has 0 spiro atoms. The van der Waals surface area contributed by atoms with Gasteiger partial charge in [-0.15, -0.1) is 0 Å². The lowest BCUT2D eigenvalue weighted by atomic mass is 10.2. The van der Waals surface area contributed by atoms with E-state index in [0.717, 1.165) is 21.3 Å². The summed E-state index contributed by atoms with van der Waals surface area (Å²) in [7, 11) is 0. The molecule has 0 aromatic heterocycles. The van der Waals surface area contributed by atoms with Gasteiger partial charge in [0.05, 0.1) is 5.02 Å². The molecule has 2 aromatic rings. The van der Waals surface area contributed by atoms with Crippen LogP contribution in [0.2, 0.25) is 5.02 Å². The van der Waals surface area contributed by atoms with Crippen LogP contribution in [0.5, 0.6) is 5.75 Å². The Kier molecular flexibility index (Phi) is 4.15. The molecule has 2 aromatic carbocycles. The fourth-order valence-electron chi connectivity index (χ4n) is 1.62. The number of aromatic hydroxyl groups is 1. The molecule has 0 atom stereocenters. The molecule has 2 rings (SSSR count). The quantitative estimate of drug-likeness (QED) is 0.799. The molecule has 2 nitrogen and oxygen atoms in total. The first-order valence-corrected chi connectivity index (χ1v) is 6.71. The molecule has 2 N–H and O–H groups in total. The van der Waals surface area contributed by atoms with E-state index in [2.05, 4.69) is 21.2 Å². The summed E-state index contributed by atoms with van der Waals surface area (Å²) in [6.07, 6.45) is 0. The summed E-state index contributed by atoms with van der Waals surface area (Å²) in [5, 5.41) is 13.5. The zero-order valence-electron chi connectivity index (χ0n) is 9.87. The number of nitrogens with one attached hydrogen (secondary N) is 1. The Morgan fingerprint density at radius 2 is 2.00 bits per heavy atom. The van der Waals surface area contributed by atoms with Crippen LogP contribution in [0.3, 0.4) is 0 Å². The Hall–Kier alpha value is -1.19. The van der Waals surface area contributed by atoms with Crippen LogP contribution < -0.4 is 5.32 Å². The maximum atomic E-state index is 9.45. The van der Waals surface area contributed by atoms with Gasteiger partial charge in [0.25, 0.3) is 0 Å². The molecular formula is C14H13BrClNO. The highest BCUT2D eigenvalue weighted by molar-refractivity contribution is 9.10. The Morgan fingerprint density at radius 3 is 2.67 bits per heavy atom. The normalized spacial score (nSPS) is 10.4. The molecule has 0 amide bonds. The number of phenolic OH excluding ortho intramolecular Hbond substituents is 1. The third kappa shape index (κ3) is 3.18. The smallest absolute Gasteiger partial charge is 0.118 e. The highest BCUT2D eigenvalue weighted by Crippen LogP contribution is 2.24. The van der Waals surface area contributed by atoms with E-state index >= 15 is 0 Å². The van der Waals surface area contributed by atoms with Crippen LogP contribution in [0.1, 0.15) is 11.1 Å². The van der Waals surface area contributed by atoms with Crippen LogP contribution >= 0.6 is 27.5 Å². The number of hydrogen-bond donors (Lipinski definition) is 2. The van der Waals surface area contributed by atoms with Gasteiger partial charge in [0.1, 0.15) is 5.75 Å². The van der Waals surface area contributed by atoms with Gasteiger partial charge in [-0.25, -0.2) is 0 Å². The molecule has 94 valence electrons. The first-order chi connectivity index (χ1) is 8.56. The molecule has 0 saturated heterocycles. The second-order valence-electron chi connectivity index (χ2n) is 4.10. The summed E-state index contributed by atoms with van der Waals surface area (Å²) in [5.41, 5.74) is 2.98. The zero-order valence-corrected chi connectivity index (χ0v) is 12.2. The van der Waals surface area contributed by atoms with Crippen molar-refractivity contribution in [1.82, 2.24) is 0 Å². The van der Waals surface area contributed by atoms with E-state index in [1.807, 2.05) is 37.3 Å². The Labute approximate surface area is 120 Å². The average molecular weight is 327 g/mol. The molecule has 18 heavy (non-hydrogen) atoms.